The Morgan fingerprint density at radius 2 is 2.21 bits per heavy atom. The van der Waals surface area contributed by atoms with Crippen molar-refractivity contribution in [2.45, 2.75) is 6.04 Å². The van der Waals surface area contributed by atoms with Crippen LogP contribution < -0.4 is 10.1 Å². The number of benzene rings is 1. The molecule has 0 radical (unpaired) electrons. The molecule has 0 aliphatic rings. The quantitative estimate of drug-likeness (QED) is 0.883. The van der Waals surface area contributed by atoms with Gasteiger partial charge in [-0.3, -0.25) is 0 Å². The standard InChI is InChI=1S/C14H15ClN2O2/c1-19-12-4-2-3-10(7-12)13(9-18)17-14-6-5-11(15)8-16-14/h2-8,13,18H,9H2,1H3,(H,16,17). The predicted octanol–water partition coefficient (Wildman–Crippen LogP) is 2.89. The van der Waals surface area contributed by atoms with Gasteiger partial charge in [-0.2, -0.15) is 0 Å². The first kappa shape index (κ1) is 13.6. The lowest BCUT2D eigenvalue weighted by molar-refractivity contribution is 0.276. The lowest BCUT2D eigenvalue weighted by Crippen LogP contribution is -2.15. The summed E-state index contributed by atoms with van der Waals surface area (Å²) in [6.45, 7) is -0.0442. The van der Waals surface area contributed by atoms with Crippen LogP contribution in [0.15, 0.2) is 42.6 Å². The number of ether oxygens (including phenoxy) is 1. The van der Waals surface area contributed by atoms with E-state index in [1.54, 1.807) is 25.4 Å². The summed E-state index contributed by atoms with van der Waals surface area (Å²) >= 11 is 5.78. The van der Waals surface area contributed by atoms with E-state index in [0.717, 1.165) is 11.3 Å². The second-order valence-corrected chi connectivity index (χ2v) is 4.45. The lowest BCUT2D eigenvalue weighted by atomic mass is 10.1. The minimum Gasteiger partial charge on any atom is -0.497 e. The molecule has 0 amide bonds. The molecule has 2 aromatic rings. The molecule has 0 aliphatic heterocycles. The molecule has 5 heteroatoms. The Hall–Kier alpha value is -1.78. The van der Waals surface area contributed by atoms with E-state index in [9.17, 15) is 5.11 Å². The highest BCUT2D eigenvalue weighted by Crippen LogP contribution is 2.22. The molecule has 1 heterocycles. The second kappa shape index (κ2) is 6.41. The molecular weight excluding hydrogens is 264 g/mol. The zero-order valence-electron chi connectivity index (χ0n) is 10.5. The van der Waals surface area contributed by atoms with E-state index < -0.39 is 0 Å². The van der Waals surface area contributed by atoms with Crippen molar-refractivity contribution >= 4 is 17.4 Å². The van der Waals surface area contributed by atoms with Crippen molar-refractivity contribution in [1.29, 1.82) is 0 Å². The van der Waals surface area contributed by atoms with Crippen LogP contribution in [0.1, 0.15) is 11.6 Å². The SMILES string of the molecule is COc1cccc(C(CO)Nc2ccc(Cl)cn2)c1. The third-order valence-corrected chi connectivity index (χ3v) is 2.95. The fourth-order valence-electron chi connectivity index (χ4n) is 1.73. The molecule has 0 saturated carbocycles. The average Bonchev–Trinajstić information content (AvgIpc) is 2.46. The molecule has 1 unspecified atom stereocenters. The summed E-state index contributed by atoms with van der Waals surface area (Å²) < 4.78 is 5.17. The molecule has 2 rings (SSSR count). The summed E-state index contributed by atoms with van der Waals surface area (Å²) in [6.07, 6.45) is 1.56. The highest BCUT2D eigenvalue weighted by atomic mass is 35.5. The third kappa shape index (κ3) is 3.59. The number of aromatic nitrogens is 1. The van der Waals surface area contributed by atoms with Gasteiger partial charge in [0.05, 0.1) is 24.8 Å². The Morgan fingerprint density at radius 1 is 1.37 bits per heavy atom. The van der Waals surface area contributed by atoms with Crippen molar-refractivity contribution in [1.82, 2.24) is 4.98 Å². The molecule has 0 bridgehead atoms. The maximum atomic E-state index is 9.50. The van der Waals surface area contributed by atoms with Gasteiger partial charge >= 0.3 is 0 Å². The van der Waals surface area contributed by atoms with Crippen molar-refractivity contribution in [3.8, 4) is 5.75 Å². The summed E-state index contributed by atoms with van der Waals surface area (Å²) in [4.78, 5) is 4.15. The van der Waals surface area contributed by atoms with Gasteiger partial charge in [-0.15, -0.1) is 0 Å². The van der Waals surface area contributed by atoms with Crippen molar-refractivity contribution in [3.05, 3.63) is 53.2 Å². The number of aliphatic hydroxyl groups is 1. The number of methoxy groups -OCH3 is 1. The van der Waals surface area contributed by atoms with Crippen LogP contribution in [0.2, 0.25) is 5.02 Å². The fourth-order valence-corrected chi connectivity index (χ4v) is 1.84. The number of pyridine rings is 1. The van der Waals surface area contributed by atoms with E-state index in [0.29, 0.717) is 10.8 Å². The van der Waals surface area contributed by atoms with E-state index in [1.165, 1.54) is 0 Å². The summed E-state index contributed by atoms with van der Waals surface area (Å²) in [7, 11) is 1.61. The first-order valence-corrected chi connectivity index (χ1v) is 6.23. The van der Waals surface area contributed by atoms with Gasteiger partial charge in [-0.05, 0) is 29.8 Å². The van der Waals surface area contributed by atoms with Gasteiger partial charge in [0.1, 0.15) is 11.6 Å². The maximum absolute atomic E-state index is 9.50. The van der Waals surface area contributed by atoms with Crippen LogP contribution in [-0.4, -0.2) is 23.8 Å². The Labute approximate surface area is 117 Å². The van der Waals surface area contributed by atoms with E-state index in [-0.39, 0.29) is 12.6 Å². The summed E-state index contributed by atoms with van der Waals surface area (Å²) in [5.41, 5.74) is 0.929. The van der Waals surface area contributed by atoms with Crippen molar-refractivity contribution in [3.63, 3.8) is 0 Å². The Kier molecular flexibility index (Phi) is 4.60. The van der Waals surface area contributed by atoms with E-state index in [4.69, 9.17) is 16.3 Å². The van der Waals surface area contributed by atoms with Gasteiger partial charge in [0.25, 0.3) is 0 Å². The van der Waals surface area contributed by atoms with E-state index >= 15 is 0 Å². The third-order valence-electron chi connectivity index (χ3n) is 2.73. The normalized spacial score (nSPS) is 11.9. The lowest BCUT2D eigenvalue weighted by Gasteiger charge is -2.18. The van der Waals surface area contributed by atoms with Gasteiger partial charge in [-0.1, -0.05) is 23.7 Å². The van der Waals surface area contributed by atoms with Crippen LogP contribution in [0, 0.1) is 0 Å². The van der Waals surface area contributed by atoms with Crippen LogP contribution in [-0.2, 0) is 0 Å². The molecule has 1 atom stereocenters. The average molecular weight is 279 g/mol. The predicted molar refractivity (Wildman–Crippen MR) is 75.7 cm³/mol. The summed E-state index contributed by atoms with van der Waals surface area (Å²) in [5.74, 6) is 1.41. The highest BCUT2D eigenvalue weighted by molar-refractivity contribution is 6.30. The zero-order valence-corrected chi connectivity index (χ0v) is 11.3. The van der Waals surface area contributed by atoms with Crippen LogP contribution >= 0.6 is 11.6 Å². The summed E-state index contributed by atoms with van der Waals surface area (Å²) in [5, 5.41) is 13.2. The van der Waals surface area contributed by atoms with Crippen molar-refractivity contribution in [2.75, 3.05) is 19.0 Å². The molecule has 0 spiro atoms. The number of hydrogen-bond acceptors (Lipinski definition) is 4. The van der Waals surface area contributed by atoms with Crippen LogP contribution in [0.4, 0.5) is 5.82 Å². The molecule has 100 valence electrons. The number of rotatable bonds is 5. The van der Waals surface area contributed by atoms with Crippen LogP contribution in [0.3, 0.4) is 0 Å². The monoisotopic (exact) mass is 278 g/mol. The van der Waals surface area contributed by atoms with Gasteiger partial charge in [0.2, 0.25) is 0 Å². The minimum absolute atomic E-state index is 0.0442. The molecule has 1 aromatic heterocycles. The number of aliphatic hydroxyl groups excluding tert-OH is 1. The highest BCUT2D eigenvalue weighted by Gasteiger charge is 2.11. The molecule has 0 saturated heterocycles. The number of halogens is 1. The number of nitrogens with zero attached hydrogens (tertiary/aromatic N) is 1. The number of anilines is 1. The molecular formula is C14H15ClN2O2. The topological polar surface area (TPSA) is 54.4 Å². The van der Waals surface area contributed by atoms with E-state index in [2.05, 4.69) is 10.3 Å². The maximum Gasteiger partial charge on any atom is 0.126 e. The van der Waals surface area contributed by atoms with Crippen molar-refractivity contribution in [2.24, 2.45) is 0 Å². The van der Waals surface area contributed by atoms with Crippen LogP contribution in [0.25, 0.3) is 0 Å². The number of nitrogens with one attached hydrogen (secondary N) is 1. The van der Waals surface area contributed by atoms with Crippen molar-refractivity contribution < 1.29 is 9.84 Å². The Morgan fingerprint density at radius 3 is 2.84 bits per heavy atom. The largest absolute Gasteiger partial charge is 0.497 e. The van der Waals surface area contributed by atoms with Gasteiger partial charge in [-0.25, -0.2) is 4.98 Å². The van der Waals surface area contributed by atoms with Crippen LogP contribution in [0.5, 0.6) is 5.75 Å². The molecule has 19 heavy (non-hydrogen) atoms. The number of hydrogen-bond donors (Lipinski definition) is 2. The zero-order chi connectivity index (χ0) is 13.7. The smallest absolute Gasteiger partial charge is 0.126 e. The molecule has 2 N–H and O–H groups in total. The summed E-state index contributed by atoms with van der Waals surface area (Å²) in [6, 6.07) is 10.8. The van der Waals surface area contributed by atoms with Gasteiger partial charge in [0.15, 0.2) is 0 Å². The fraction of sp³-hybridized carbons (Fsp3) is 0.214. The first-order chi connectivity index (χ1) is 9.22. The molecule has 0 aliphatic carbocycles. The van der Waals surface area contributed by atoms with Gasteiger partial charge in [0, 0.05) is 6.20 Å². The first-order valence-electron chi connectivity index (χ1n) is 5.86. The minimum atomic E-state index is -0.247. The van der Waals surface area contributed by atoms with Gasteiger partial charge < -0.3 is 15.2 Å². The molecule has 0 fully saturated rings. The molecule has 4 nitrogen and oxygen atoms in total. The van der Waals surface area contributed by atoms with E-state index in [1.807, 2.05) is 24.3 Å². The Bertz CT molecular complexity index is 531. The molecule has 1 aromatic carbocycles. The Balaban J connectivity index is 2.17. The second-order valence-electron chi connectivity index (χ2n) is 4.02.